The lowest BCUT2D eigenvalue weighted by Gasteiger charge is -2.41. The van der Waals surface area contributed by atoms with Gasteiger partial charge in [0.2, 0.25) is 0 Å². The smallest absolute Gasteiger partial charge is 0.0198 e. The average molecular weight is 255 g/mol. The summed E-state index contributed by atoms with van der Waals surface area (Å²) in [6.45, 7) is 7.31. The largest absolute Gasteiger partial charge is 0.310 e. The summed E-state index contributed by atoms with van der Waals surface area (Å²) in [4.78, 5) is 0. The first-order valence-electron chi connectivity index (χ1n) is 7.31. The lowest BCUT2D eigenvalue weighted by molar-refractivity contribution is 0.142. The van der Waals surface area contributed by atoms with Crippen LogP contribution in [0.1, 0.15) is 59.3 Å². The highest BCUT2D eigenvalue weighted by molar-refractivity contribution is 7.99. The summed E-state index contributed by atoms with van der Waals surface area (Å²) in [5, 5.41) is 4.86. The molecule has 2 heteroatoms. The fourth-order valence-electron chi connectivity index (χ4n) is 3.87. The number of hydrogen-bond acceptors (Lipinski definition) is 2. The fraction of sp³-hybridized carbons (Fsp3) is 1.00. The molecule has 4 unspecified atom stereocenters. The van der Waals surface area contributed by atoms with Crippen LogP contribution in [0.2, 0.25) is 0 Å². The number of rotatable bonds is 3. The maximum absolute atomic E-state index is 3.99. The van der Waals surface area contributed by atoms with Gasteiger partial charge in [-0.05, 0) is 49.7 Å². The van der Waals surface area contributed by atoms with E-state index in [9.17, 15) is 0 Å². The SMILES string of the molecule is CSC1CCCC1NC1CCC(C)(C)CC1C. The zero-order valence-corrected chi connectivity index (χ0v) is 12.8. The summed E-state index contributed by atoms with van der Waals surface area (Å²) in [6, 6.07) is 1.57. The Morgan fingerprint density at radius 2 is 1.88 bits per heavy atom. The summed E-state index contributed by atoms with van der Waals surface area (Å²) < 4.78 is 0. The molecule has 2 saturated carbocycles. The molecule has 0 bridgehead atoms. The summed E-state index contributed by atoms with van der Waals surface area (Å²) in [7, 11) is 0. The molecule has 4 atom stereocenters. The van der Waals surface area contributed by atoms with Crippen LogP contribution in [0.3, 0.4) is 0 Å². The minimum Gasteiger partial charge on any atom is -0.310 e. The molecular formula is C15H29NS. The first kappa shape index (κ1) is 13.7. The quantitative estimate of drug-likeness (QED) is 0.815. The van der Waals surface area contributed by atoms with E-state index in [2.05, 4.69) is 44.1 Å². The van der Waals surface area contributed by atoms with Gasteiger partial charge >= 0.3 is 0 Å². The molecule has 100 valence electrons. The summed E-state index contributed by atoms with van der Waals surface area (Å²) in [5.74, 6) is 0.849. The van der Waals surface area contributed by atoms with Crippen molar-refractivity contribution >= 4 is 11.8 Å². The molecule has 0 spiro atoms. The molecule has 1 nitrogen and oxygen atoms in total. The van der Waals surface area contributed by atoms with Gasteiger partial charge in [0.05, 0.1) is 0 Å². The second-order valence-corrected chi connectivity index (χ2v) is 8.05. The maximum Gasteiger partial charge on any atom is 0.0198 e. The van der Waals surface area contributed by atoms with Gasteiger partial charge in [0.1, 0.15) is 0 Å². The predicted molar refractivity (Wildman–Crippen MR) is 78.7 cm³/mol. The van der Waals surface area contributed by atoms with Crippen molar-refractivity contribution < 1.29 is 0 Å². The minimum absolute atomic E-state index is 0.576. The van der Waals surface area contributed by atoms with E-state index in [4.69, 9.17) is 0 Å². The van der Waals surface area contributed by atoms with E-state index >= 15 is 0 Å². The molecule has 0 radical (unpaired) electrons. The van der Waals surface area contributed by atoms with E-state index in [1.54, 1.807) is 0 Å². The molecule has 0 aromatic rings. The molecule has 2 rings (SSSR count). The van der Waals surface area contributed by atoms with Crippen LogP contribution in [0.4, 0.5) is 0 Å². The standard InChI is InChI=1S/C15H29NS/c1-11-10-15(2,3)9-8-12(11)16-13-6-5-7-14(13)17-4/h11-14,16H,5-10H2,1-4H3. The molecule has 2 fully saturated rings. The molecule has 2 aliphatic carbocycles. The lowest BCUT2D eigenvalue weighted by Crippen LogP contribution is -2.48. The minimum atomic E-state index is 0.576. The second-order valence-electron chi connectivity index (χ2n) is 6.97. The van der Waals surface area contributed by atoms with Crippen molar-refractivity contribution in [3.05, 3.63) is 0 Å². The number of hydrogen-bond donors (Lipinski definition) is 1. The van der Waals surface area contributed by atoms with Crippen molar-refractivity contribution in [3.63, 3.8) is 0 Å². The Morgan fingerprint density at radius 1 is 1.12 bits per heavy atom. The van der Waals surface area contributed by atoms with Gasteiger partial charge in [0, 0.05) is 17.3 Å². The van der Waals surface area contributed by atoms with Crippen LogP contribution in [0, 0.1) is 11.3 Å². The molecule has 0 aromatic heterocycles. The molecule has 0 saturated heterocycles. The summed E-state index contributed by atoms with van der Waals surface area (Å²) in [6.07, 6.45) is 10.7. The van der Waals surface area contributed by atoms with Gasteiger partial charge in [-0.3, -0.25) is 0 Å². The van der Waals surface area contributed by atoms with Crippen LogP contribution in [0.5, 0.6) is 0 Å². The molecule has 17 heavy (non-hydrogen) atoms. The van der Waals surface area contributed by atoms with E-state index in [1.165, 1.54) is 38.5 Å². The van der Waals surface area contributed by atoms with E-state index in [0.29, 0.717) is 5.41 Å². The highest BCUT2D eigenvalue weighted by atomic mass is 32.2. The summed E-state index contributed by atoms with van der Waals surface area (Å²) >= 11 is 2.07. The number of nitrogens with one attached hydrogen (secondary N) is 1. The summed E-state index contributed by atoms with van der Waals surface area (Å²) in [5.41, 5.74) is 0.576. The van der Waals surface area contributed by atoms with Crippen LogP contribution < -0.4 is 5.32 Å². The Kier molecular flexibility index (Phi) is 4.46. The van der Waals surface area contributed by atoms with Crippen LogP contribution in [0.25, 0.3) is 0 Å². The van der Waals surface area contributed by atoms with Crippen molar-refractivity contribution in [2.75, 3.05) is 6.26 Å². The zero-order valence-electron chi connectivity index (χ0n) is 12.0. The van der Waals surface area contributed by atoms with Gasteiger partial charge < -0.3 is 5.32 Å². The van der Waals surface area contributed by atoms with Crippen molar-refractivity contribution in [2.24, 2.45) is 11.3 Å². The molecule has 1 N–H and O–H groups in total. The van der Waals surface area contributed by atoms with Crippen LogP contribution >= 0.6 is 11.8 Å². The first-order valence-corrected chi connectivity index (χ1v) is 8.59. The van der Waals surface area contributed by atoms with Gasteiger partial charge in [-0.15, -0.1) is 0 Å². The normalized spacial score (nSPS) is 41.6. The maximum atomic E-state index is 3.99. The lowest BCUT2D eigenvalue weighted by atomic mass is 9.70. The van der Waals surface area contributed by atoms with E-state index in [0.717, 1.165) is 23.3 Å². The molecule has 0 aliphatic heterocycles. The Bertz CT molecular complexity index is 251. The Morgan fingerprint density at radius 3 is 2.53 bits per heavy atom. The van der Waals surface area contributed by atoms with Crippen molar-refractivity contribution in [1.82, 2.24) is 5.32 Å². The van der Waals surface area contributed by atoms with E-state index < -0.39 is 0 Å². The predicted octanol–water partition coefficient (Wildman–Crippen LogP) is 4.07. The van der Waals surface area contributed by atoms with Crippen molar-refractivity contribution in [3.8, 4) is 0 Å². The number of thioether (sulfide) groups is 1. The van der Waals surface area contributed by atoms with E-state index in [-0.39, 0.29) is 0 Å². The first-order chi connectivity index (χ1) is 8.02. The molecule has 0 aromatic carbocycles. The molecule has 0 heterocycles. The Labute approximate surface area is 112 Å². The van der Waals surface area contributed by atoms with Gasteiger partial charge in [-0.1, -0.05) is 27.2 Å². The Hall–Kier alpha value is 0.310. The fourth-order valence-corrected chi connectivity index (χ4v) is 4.81. The highest BCUT2D eigenvalue weighted by Crippen LogP contribution is 2.39. The molecular weight excluding hydrogens is 226 g/mol. The second kappa shape index (κ2) is 5.52. The highest BCUT2D eigenvalue weighted by Gasteiger charge is 2.35. The van der Waals surface area contributed by atoms with Gasteiger partial charge in [0.25, 0.3) is 0 Å². The van der Waals surface area contributed by atoms with Crippen molar-refractivity contribution in [2.45, 2.75) is 76.6 Å². The van der Waals surface area contributed by atoms with E-state index in [1.807, 2.05) is 0 Å². The third-order valence-electron chi connectivity index (χ3n) is 4.88. The monoisotopic (exact) mass is 255 g/mol. The van der Waals surface area contributed by atoms with Crippen LogP contribution in [0.15, 0.2) is 0 Å². The van der Waals surface area contributed by atoms with Gasteiger partial charge in [-0.2, -0.15) is 11.8 Å². The van der Waals surface area contributed by atoms with Crippen LogP contribution in [-0.2, 0) is 0 Å². The van der Waals surface area contributed by atoms with Gasteiger partial charge in [-0.25, -0.2) is 0 Å². The van der Waals surface area contributed by atoms with Gasteiger partial charge in [0.15, 0.2) is 0 Å². The average Bonchev–Trinajstić information content (AvgIpc) is 2.69. The van der Waals surface area contributed by atoms with Crippen molar-refractivity contribution in [1.29, 1.82) is 0 Å². The molecule has 2 aliphatic rings. The third-order valence-corrected chi connectivity index (χ3v) is 6.05. The zero-order chi connectivity index (χ0) is 12.5. The Balaban J connectivity index is 1.87. The third kappa shape index (κ3) is 3.41. The molecule has 0 amide bonds. The van der Waals surface area contributed by atoms with Crippen LogP contribution in [-0.4, -0.2) is 23.6 Å². The topological polar surface area (TPSA) is 12.0 Å².